The van der Waals surface area contributed by atoms with Crippen molar-refractivity contribution in [3.8, 4) is 0 Å². The fourth-order valence-corrected chi connectivity index (χ4v) is 4.82. The summed E-state index contributed by atoms with van der Waals surface area (Å²) in [6, 6.07) is 9.09. The second-order valence-corrected chi connectivity index (χ2v) is 8.52. The fourth-order valence-electron chi connectivity index (χ4n) is 4.82. The van der Waals surface area contributed by atoms with Gasteiger partial charge in [0.2, 0.25) is 5.91 Å². The molecule has 0 spiro atoms. The van der Waals surface area contributed by atoms with Gasteiger partial charge in [-0.2, -0.15) is 5.10 Å². The molecule has 3 aromatic rings. The van der Waals surface area contributed by atoms with Crippen LogP contribution >= 0.6 is 0 Å². The van der Waals surface area contributed by atoms with Crippen LogP contribution in [0.5, 0.6) is 0 Å². The number of rotatable bonds is 6. The molecule has 1 aromatic carbocycles. The summed E-state index contributed by atoms with van der Waals surface area (Å²) in [5.41, 5.74) is 1.32. The van der Waals surface area contributed by atoms with Gasteiger partial charge in [0.1, 0.15) is 12.1 Å². The van der Waals surface area contributed by atoms with E-state index in [2.05, 4.69) is 29.2 Å². The number of nitrogens with one attached hydrogen (secondary N) is 1. The van der Waals surface area contributed by atoms with Crippen molar-refractivity contribution < 1.29 is 4.79 Å². The van der Waals surface area contributed by atoms with Crippen molar-refractivity contribution in [2.75, 3.05) is 13.1 Å². The van der Waals surface area contributed by atoms with Crippen molar-refractivity contribution in [3.63, 3.8) is 0 Å². The minimum absolute atomic E-state index is 0.0627. The number of nitrogens with zero attached hydrogens (tertiary/aromatic N) is 4. The van der Waals surface area contributed by atoms with Gasteiger partial charge in [0.05, 0.1) is 6.20 Å². The highest BCUT2D eigenvalue weighted by Crippen LogP contribution is 2.25. The summed E-state index contributed by atoms with van der Waals surface area (Å²) in [7, 11) is 1.87. The van der Waals surface area contributed by atoms with Crippen molar-refractivity contribution in [1.82, 2.24) is 24.6 Å². The van der Waals surface area contributed by atoms with Gasteiger partial charge >= 0.3 is 0 Å². The fraction of sp³-hybridized carbons (Fsp3) is 0.522. The molecule has 1 saturated heterocycles. The molecule has 1 N–H and O–H groups in total. The van der Waals surface area contributed by atoms with Crippen LogP contribution in [0.3, 0.4) is 0 Å². The molecule has 4 rings (SSSR count). The highest BCUT2D eigenvalue weighted by atomic mass is 16.2. The van der Waals surface area contributed by atoms with Gasteiger partial charge in [-0.15, -0.1) is 0 Å². The van der Waals surface area contributed by atoms with Crippen LogP contribution in [0.2, 0.25) is 0 Å². The number of hydrogen-bond donors (Lipinski definition) is 1. The maximum absolute atomic E-state index is 13.0. The molecule has 0 unspecified atom stereocenters. The molecule has 1 amide bonds. The topological polar surface area (TPSA) is 72.2 Å². The van der Waals surface area contributed by atoms with Crippen LogP contribution in [-0.4, -0.2) is 50.3 Å². The zero-order valence-electron chi connectivity index (χ0n) is 18.1. The van der Waals surface area contributed by atoms with Gasteiger partial charge in [-0.1, -0.05) is 24.6 Å². The molecular weight excluding hydrogens is 378 g/mol. The number of benzene rings is 1. The first-order valence-corrected chi connectivity index (χ1v) is 10.9. The van der Waals surface area contributed by atoms with E-state index in [1.165, 1.54) is 23.9 Å². The second kappa shape index (κ2) is 8.60. The van der Waals surface area contributed by atoms with Crippen LogP contribution in [0.15, 0.2) is 35.3 Å². The molecule has 3 heterocycles. The number of piperidine rings is 1. The summed E-state index contributed by atoms with van der Waals surface area (Å²) in [6.45, 7) is 6.11. The lowest BCUT2D eigenvalue weighted by molar-refractivity contribution is -0.121. The number of amides is 1. The number of aryl methyl sites for hydroxylation is 1. The minimum atomic E-state index is -0.239. The molecule has 7 heteroatoms. The van der Waals surface area contributed by atoms with Crippen molar-refractivity contribution in [1.29, 1.82) is 0 Å². The summed E-state index contributed by atoms with van der Waals surface area (Å²) < 4.78 is 3.13. The molecule has 1 aliphatic heterocycles. The van der Waals surface area contributed by atoms with E-state index in [0.717, 1.165) is 29.3 Å². The Labute approximate surface area is 176 Å². The molecule has 2 atom stereocenters. The Morgan fingerprint density at radius 3 is 2.67 bits per heavy atom. The largest absolute Gasteiger partial charge is 0.354 e. The van der Waals surface area contributed by atoms with Crippen LogP contribution in [0.4, 0.5) is 0 Å². The Hall–Kier alpha value is -2.67. The Morgan fingerprint density at radius 2 is 1.90 bits per heavy atom. The number of fused-ring (bicyclic) bond motifs is 3. The lowest BCUT2D eigenvalue weighted by atomic mass is 9.97. The van der Waals surface area contributed by atoms with Crippen LogP contribution in [0.25, 0.3) is 21.8 Å². The summed E-state index contributed by atoms with van der Waals surface area (Å²) >= 11 is 0. The average Bonchev–Trinajstić information content (AvgIpc) is 3.02. The van der Waals surface area contributed by atoms with Gasteiger partial charge in [-0.05, 0) is 39.2 Å². The summed E-state index contributed by atoms with van der Waals surface area (Å²) in [4.78, 5) is 27.9. The molecular formula is C23H31N5O2. The summed E-state index contributed by atoms with van der Waals surface area (Å²) in [5.74, 6) is -0.178. The molecule has 160 valence electrons. The van der Waals surface area contributed by atoms with Gasteiger partial charge in [0.15, 0.2) is 0 Å². The van der Waals surface area contributed by atoms with Gasteiger partial charge in [0, 0.05) is 48.5 Å². The molecule has 7 nitrogen and oxygen atoms in total. The Balaban J connectivity index is 1.39. The molecule has 0 aliphatic carbocycles. The maximum atomic E-state index is 13.0. The molecule has 0 radical (unpaired) electrons. The molecule has 0 bridgehead atoms. The van der Waals surface area contributed by atoms with E-state index < -0.39 is 0 Å². The average molecular weight is 410 g/mol. The first kappa shape index (κ1) is 20.6. The number of hydrogen-bond acceptors (Lipinski definition) is 4. The van der Waals surface area contributed by atoms with E-state index in [0.29, 0.717) is 24.1 Å². The predicted molar refractivity (Wildman–Crippen MR) is 120 cm³/mol. The number of likely N-dealkylation sites (tertiary alicyclic amines) is 1. The standard InChI is InChI=1S/C23H31N5O2/c1-16-8-6-9-17(2)27(16)13-7-12-24-21(29)15-28-23(30)22-19(14-25-28)18-10-4-5-11-20(18)26(22)3/h4-5,10-11,14,16-17H,6-9,12-13,15H2,1-3H3,(H,24,29)/t16-,17-/m0/s1. The summed E-state index contributed by atoms with van der Waals surface area (Å²) in [5, 5.41) is 9.01. The Bertz CT molecular complexity index is 1110. The third-order valence-corrected chi connectivity index (χ3v) is 6.49. The smallest absolute Gasteiger partial charge is 0.291 e. The number of para-hydroxylation sites is 1. The van der Waals surface area contributed by atoms with Crippen LogP contribution in [0, 0.1) is 0 Å². The SMILES string of the molecule is C[C@H]1CCC[C@H](C)N1CCCNC(=O)Cn1ncc2c3ccccc3n(C)c2c1=O. The Morgan fingerprint density at radius 1 is 1.17 bits per heavy atom. The molecule has 2 aromatic heterocycles. The molecule has 30 heavy (non-hydrogen) atoms. The van der Waals surface area contributed by atoms with Crippen molar-refractivity contribution in [3.05, 3.63) is 40.8 Å². The van der Waals surface area contributed by atoms with Crippen LogP contribution < -0.4 is 10.9 Å². The van der Waals surface area contributed by atoms with E-state index in [1.54, 1.807) is 6.20 Å². The zero-order chi connectivity index (χ0) is 21.3. The van der Waals surface area contributed by atoms with Crippen molar-refractivity contribution >= 4 is 27.7 Å². The van der Waals surface area contributed by atoms with Gasteiger partial charge in [-0.25, -0.2) is 4.68 Å². The monoisotopic (exact) mass is 409 g/mol. The highest BCUT2D eigenvalue weighted by molar-refractivity contribution is 6.07. The lowest BCUT2D eigenvalue weighted by Gasteiger charge is -2.39. The first-order chi connectivity index (χ1) is 14.5. The Kier molecular flexibility index (Phi) is 5.90. The third kappa shape index (κ3) is 3.86. The predicted octanol–water partition coefficient (Wildman–Crippen LogP) is 2.66. The van der Waals surface area contributed by atoms with E-state index in [4.69, 9.17) is 0 Å². The molecule has 1 aliphatic rings. The van der Waals surface area contributed by atoms with E-state index >= 15 is 0 Å². The zero-order valence-corrected chi connectivity index (χ0v) is 18.1. The first-order valence-electron chi connectivity index (χ1n) is 10.9. The summed E-state index contributed by atoms with van der Waals surface area (Å²) in [6.07, 6.45) is 6.40. The van der Waals surface area contributed by atoms with E-state index in [9.17, 15) is 9.59 Å². The third-order valence-electron chi connectivity index (χ3n) is 6.49. The lowest BCUT2D eigenvalue weighted by Crippen LogP contribution is -2.45. The molecule has 1 fully saturated rings. The van der Waals surface area contributed by atoms with Crippen LogP contribution in [-0.2, 0) is 18.4 Å². The normalized spacial score (nSPS) is 20.1. The van der Waals surface area contributed by atoms with Gasteiger partial charge in [-0.3, -0.25) is 14.5 Å². The second-order valence-electron chi connectivity index (χ2n) is 8.52. The van der Waals surface area contributed by atoms with Gasteiger partial charge in [0.25, 0.3) is 5.56 Å². The van der Waals surface area contributed by atoms with Crippen LogP contribution in [0.1, 0.15) is 39.5 Å². The minimum Gasteiger partial charge on any atom is -0.354 e. The van der Waals surface area contributed by atoms with E-state index in [1.807, 2.05) is 35.9 Å². The van der Waals surface area contributed by atoms with Gasteiger partial charge < -0.3 is 9.88 Å². The van der Waals surface area contributed by atoms with E-state index in [-0.39, 0.29) is 18.0 Å². The van der Waals surface area contributed by atoms with Crippen molar-refractivity contribution in [2.24, 2.45) is 7.05 Å². The number of carbonyl (C=O) groups excluding carboxylic acids is 1. The van der Waals surface area contributed by atoms with Crippen molar-refractivity contribution in [2.45, 2.75) is 58.2 Å². The number of carbonyl (C=O) groups is 1. The highest BCUT2D eigenvalue weighted by Gasteiger charge is 2.23. The quantitative estimate of drug-likeness (QED) is 0.636. The molecule has 0 saturated carbocycles. The maximum Gasteiger partial charge on any atom is 0.291 e. The number of aromatic nitrogens is 3.